The van der Waals surface area contributed by atoms with E-state index in [9.17, 15) is 4.79 Å². The number of carbonyl (C=O) groups is 1. The second-order valence-corrected chi connectivity index (χ2v) is 5.69. The Morgan fingerprint density at radius 3 is 2.80 bits per heavy atom. The fraction of sp³-hybridized carbons (Fsp3) is 0.412. The third kappa shape index (κ3) is 5.28. The Kier molecular flexibility index (Phi) is 6.38. The second kappa shape index (κ2) is 9.16. The van der Waals surface area contributed by atoms with Gasteiger partial charge in [0.1, 0.15) is 0 Å². The van der Waals surface area contributed by atoms with E-state index in [1.54, 1.807) is 18.6 Å². The van der Waals surface area contributed by atoms with Crippen LogP contribution in [0, 0.1) is 0 Å². The lowest BCUT2D eigenvalue weighted by atomic mass is 10.1. The molecule has 0 aliphatic carbocycles. The summed E-state index contributed by atoms with van der Waals surface area (Å²) >= 11 is 0. The topological polar surface area (TPSA) is 92.3 Å². The minimum Gasteiger partial charge on any atom is -0.379 e. The number of carbonyl (C=O) groups excluding carboxylic acids is 1. The molecule has 8 heteroatoms. The zero-order chi connectivity index (χ0) is 17.3. The van der Waals surface area contributed by atoms with E-state index in [1.165, 1.54) is 6.20 Å². The first kappa shape index (κ1) is 17.4. The van der Waals surface area contributed by atoms with Crippen LogP contribution in [0.15, 0.2) is 43.0 Å². The number of nitrogens with one attached hydrogen (secondary N) is 2. The zero-order valence-corrected chi connectivity index (χ0v) is 14.0. The van der Waals surface area contributed by atoms with E-state index < -0.39 is 0 Å². The monoisotopic (exact) mass is 342 g/mol. The van der Waals surface area contributed by atoms with E-state index in [2.05, 4.69) is 30.5 Å². The summed E-state index contributed by atoms with van der Waals surface area (Å²) in [7, 11) is 0. The molecule has 1 saturated heterocycles. The first-order valence-electron chi connectivity index (χ1n) is 8.32. The molecule has 2 aromatic rings. The van der Waals surface area contributed by atoms with Gasteiger partial charge < -0.3 is 15.4 Å². The molecular weight excluding hydrogens is 320 g/mol. The fourth-order valence-electron chi connectivity index (χ4n) is 2.76. The highest BCUT2D eigenvalue weighted by Gasteiger charge is 2.23. The summed E-state index contributed by atoms with van der Waals surface area (Å²) < 4.78 is 5.44. The number of anilines is 1. The molecule has 25 heavy (non-hydrogen) atoms. The van der Waals surface area contributed by atoms with Crippen LogP contribution in [-0.2, 0) is 9.53 Å². The fourth-order valence-corrected chi connectivity index (χ4v) is 2.76. The average molecular weight is 342 g/mol. The minimum atomic E-state index is -0.151. The molecule has 132 valence electrons. The van der Waals surface area contributed by atoms with Crippen molar-refractivity contribution in [3.8, 4) is 0 Å². The summed E-state index contributed by atoms with van der Waals surface area (Å²) in [5.74, 6) is 0.297. The Bertz CT molecular complexity index is 649. The number of rotatable bonds is 7. The van der Waals surface area contributed by atoms with Crippen molar-refractivity contribution in [3.05, 3.63) is 48.7 Å². The van der Waals surface area contributed by atoms with Gasteiger partial charge in [-0.1, -0.05) is 6.07 Å². The van der Waals surface area contributed by atoms with Crippen LogP contribution in [0.3, 0.4) is 0 Å². The van der Waals surface area contributed by atoms with Crippen LogP contribution in [0.2, 0.25) is 0 Å². The molecule has 1 amide bonds. The summed E-state index contributed by atoms with van der Waals surface area (Å²) in [5.41, 5.74) is 0.992. The highest BCUT2D eigenvalue weighted by Crippen LogP contribution is 2.19. The van der Waals surface area contributed by atoms with Gasteiger partial charge in [-0.2, -0.15) is 0 Å². The molecule has 0 saturated carbocycles. The van der Waals surface area contributed by atoms with Gasteiger partial charge in [-0.3, -0.25) is 19.7 Å². The van der Waals surface area contributed by atoms with E-state index >= 15 is 0 Å². The Labute approximate surface area is 146 Å². The standard InChI is InChI=1S/C17H22N6O2/c24-17(22-16-12-18-5-6-21-16)13-19-11-15(14-3-1-2-4-20-14)23-7-9-25-10-8-23/h1-6,12,15,19H,7-11,13H2,(H,21,22,24)/t15-/m1/s1. The SMILES string of the molecule is O=C(CNC[C@H](c1ccccn1)N1CCOCC1)Nc1cnccn1. The quantitative estimate of drug-likeness (QED) is 0.756. The van der Waals surface area contributed by atoms with E-state index in [4.69, 9.17) is 4.74 Å². The lowest BCUT2D eigenvalue weighted by Gasteiger charge is -2.34. The molecule has 1 atom stereocenters. The van der Waals surface area contributed by atoms with Crippen LogP contribution in [0.5, 0.6) is 0 Å². The number of hydrogen-bond donors (Lipinski definition) is 2. The number of hydrogen-bond acceptors (Lipinski definition) is 7. The van der Waals surface area contributed by atoms with Crippen LogP contribution < -0.4 is 10.6 Å². The van der Waals surface area contributed by atoms with Crippen LogP contribution in [-0.4, -0.2) is 65.2 Å². The average Bonchev–Trinajstić information content (AvgIpc) is 2.67. The minimum absolute atomic E-state index is 0.106. The number of pyridine rings is 1. The van der Waals surface area contributed by atoms with Gasteiger partial charge >= 0.3 is 0 Å². The number of ether oxygens (including phenoxy) is 1. The molecule has 1 aliphatic heterocycles. The van der Waals surface area contributed by atoms with Crippen molar-refractivity contribution in [1.82, 2.24) is 25.2 Å². The van der Waals surface area contributed by atoms with Crippen LogP contribution in [0.4, 0.5) is 5.82 Å². The lowest BCUT2D eigenvalue weighted by Crippen LogP contribution is -2.44. The van der Waals surface area contributed by atoms with Gasteiger partial charge in [-0.15, -0.1) is 0 Å². The van der Waals surface area contributed by atoms with Crippen molar-refractivity contribution >= 4 is 11.7 Å². The Balaban J connectivity index is 1.54. The molecule has 0 radical (unpaired) electrons. The Morgan fingerprint density at radius 1 is 1.20 bits per heavy atom. The maximum atomic E-state index is 12.0. The molecular formula is C17H22N6O2. The van der Waals surface area contributed by atoms with Gasteiger partial charge in [-0.25, -0.2) is 4.98 Å². The van der Waals surface area contributed by atoms with E-state index in [-0.39, 0.29) is 18.5 Å². The van der Waals surface area contributed by atoms with Crippen LogP contribution in [0.25, 0.3) is 0 Å². The summed E-state index contributed by atoms with van der Waals surface area (Å²) in [4.78, 5) is 26.8. The molecule has 0 unspecified atom stereocenters. The smallest absolute Gasteiger partial charge is 0.239 e. The first-order valence-corrected chi connectivity index (χ1v) is 8.32. The van der Waals surface area contributed by atoms with Crippen molar-refractivity contribution < 1.29 is 9.53 Å². The molecule has 2 N–H and O–H groups in total. The maximum Gasteiger partial charge on any atom is 0.239 e. The molecule has 1 aliphatic rings. The molecule has 8 nitrogen and oxygen atoms in total. The molecule has 3 rings (SSSR count). The molecule has 1 fully saturated rings. The van der Waals surface area contributed by atoms with Gasteiger partial charge in [0, 0.05) is 38.2 Å². The Hall–Kier alpha value is -2.42. The zero-order valence-electron chi connectivity index (χ0n) is 14.0. The van der Waals surface area contributed by atoms with Crippen LogP contribution >= 0.6 is 0 Å². The van der Waals surface area contributed by atoms with E-state index in [1.807, 2.05) is 18.2 Å². The number of aromatic nitrogens is 3. The second-order valence-electron chi connectivity index (χ2n) is 5.69. The van der Waals surface area contributed by atoms with Gasteiger partial charge in [0.15, 0.2) is 5.82 Å². The Morgan fingerprint density at radius 2 is 2.08 bits per heavy atom. The van der Waals surface area contributed by atoms with Crippen molar-refractivity contribution in [2.24, 2.45) is 0 Å². The van der Waals surface area contributed by atoms with Gasteiger partial charge in [0.2, 0.25) is 5.91 Å². The molecule has 0 aromatic carbocycles. The van der Waals surface area contributed by atoms with Crippen molar-refractivity contribution in [3.63, 3.8) is 0 Å². The maximum absolute atomic E-state index is 12.0. The number of morpholine rings is 1. The van der Waals surface area contributed by atoms with Gasteiger partial charge in [-0.05, 0) is 12.1 Å². The van der Waals surface area contributed by atoms with Gasteiger partial charge in [0.05, 0.1) is 37.7 Å². The normalized spacial score (nSPS) is 16.3. The highest BCUT2D eigenvalue weighted by molar-refractivity contribution is 5.91. The van der Waals surface area contributed by atoms with Crippen molar-refractivity contribution in [2.45, 2.75) is 6.04 Å². The molecule has 3 heterocycles. The molecule has 0 spiro atoms. The van der Waals surface area contributed by atoms with E-state index in [0.29, 0.717) is 12.4 Å². The lowest BCUT2D eigenvalue weighted by molar-refractivity contribution is -0.115. The van der Waals surface area contributed by atoms with Crippen molar-refractivity contribution in [1.29, 1.82) is 0 Å². The summed E-state index contributed by atoms with van der Waals surface area (Å²) in [6, 6.07) is 6.01. The summed E-state index contributed by atoms with van der Waals surface area (Å²) in [6.07, 6.45) is 6.41. The highest BCUT2D eigenvalue weighted by atomic mass is 16.5. The van der Waals surface area contributed by atoms with E-state index in [0.717, 1.165) is 32.0 Å². The molecule has 2 aromatic heterocycles. The number of nitrogens with zero attached hydrogens (tertiary/aromatic N) is 4. The van der Waals surface area contributed by atoms with Gasteiger partial charge in [0.25, 0.3) is 0 Å². The first-order chi connectivity index (χ1) is 12.3. The number of amides is 1. The largest absolute Gasteiger partial charge is 0.379 e. The predicted octanol–water partition coefficient (Wildman–Crippen LogP) is 0.473. The summed E-state index contributed by atoms with van der Waals surface area (Å²) in [6.45, 7) is 3.98. The summed E-state index contributed by atoms with van der Waals surface area (Å²) in [5, 5.41) is 5.93. The third-order valence-corrected chi connectivity index (χ3v) is 3.97. The third-order valence-electron chi connectivity index (χ3n) is 3.97. The molecule has 0 bridgehead atoms. The predicted molar refractivity (Wildman–Crippen MR) is 92.9 cm³/mol. The van der Waals surface area contributed by atoms with Crippen molar-refractivity contribution in [2.75, 3.05) is 44.7 Å². The van der Waals surface area contributed by atoms with Crippen LogP contribution in [0.1, 0.15) is 11.7 Å².